The van der Waals surface area contributed by atoms with Crippen molar-refractivity contribution in [3.63, 3.8) is 0 Å². The molecular formula is C15H14Cl2N2O. The van der Waals surface area contributed by atoms with Gasteiger partial charge in [-0.15, -0.1) is 0 Å². The van der Waals surface area contributed by atoms with Crippen molar-refractivity contribution in [2.45, 2.75) is 20.3 Å². The van der Waals surface area contributed by atoms with Gasteiger partial charge >= 0.3 is 0 Å². The van der Waals surface area contributed by atoms with E-state index in [1.165, 1.54) is 0 Å². The molecular weight excluding hydrogens is 295 g/mol. The van der Waals surface area contributed by atoms with E-state index in [1.54, 1.807) is 12.1 Å². The number of rotatable bonds is 3. The van der Waals surface area contributed by atoms with E-state index in [9.17, 15) is 4.79 Å². The van der Waals surface area contributed by atoms with Crippen molar-refractivity contribution in [2.24, 2.45) is 0 Å². The van der Waals surface area contributed by atoms with E-state index in [4.69, 9.17) is 23.2 Å². The lowest BCUT2D eigenvalue weighted by atomic mass is 10.1. The molecule has 0 unspecified atom stereocenters. The van der Waals surface area contributed by atoms with E-state index >= 15 is 0 Å². The number of hydrogen-bond acceptors (Lipinski definition) is 2. The molecule has 0 atom stereocenters. The van der Waals surface area contributed by atoms with Crippen LogP contribution in [0.3, 0.4) is 0 Å². The lowest BCUT2D eigenvalue weighted by molar-refractivity contribution is 0.102. The van der Waals surface area contributed by atoms with Crippen molar-refractivity contribution in [1.29, 1.82) is 0 Å². The maximum Gasteiger partial charge on any atom is 0.275 e. The summed E-state index contributed by atoms with van der Waals surface area (Å²) in [6, 6.07) is 9.00. The maximum atomic E-state index is 12.3. The van der Waals surface area contributed by atoms with E-state index in [1.807, 2.05) is 32.0 Å². The minimum atomic E-state index is -0.360. The average Bonchev–Trinajstić information content (AvgIpc) is 2.43. The summed E-state index contributed by atoms with van der Waals surface area (Å²) in [7, 11) is 0. The fourth-order valence-electron chi connectivity index (χ4n) is 1.95. The molecule has 0 aliphatic heterocycles. The Hall–Kier alpha value is -1.58. The highest BCUT2D eigenvalue weighted by atomic mass is 35.5. The molecule has 2 rings (SSSR count). The number of nitrogens with one attached hydrogen (secondary N) is 1. The topological polar surface area (TPSA) is 42.0 Å². The normalized spacial score (nSPS) is 10.4. The molecule has 5 heteroatoms. The van der Waals surface area contributed by atoms with Gasteiger partial charge < -0.3 is 5.32 Å². The van der Waals surface area contributed by atoms with Gasteiger partial charge in [0, 0.05) is 5.69 Å². The van der Waals surface area contributed by atoms with Crippen molar-refractivity contribution in [2.75, 3.05) is 5.32 Å². The predicted octanol–water partition coefficient (Wildman–Crippen LogP) is 4.51. The van der Waals surface area contributed by atoms with Gasteiger partial charge in [-0.2, -0.15) is 0 Å². The summed E-state index contributed by atoms with van der Waals surface area (Å²) in [6.45, 7) is 3.98. The third-order valence-electron chi connectivity index (χ3n) is 3.01. The second-order valence-electron chi connectivity index (χ2n) is 4.38. The molecule has 1 heterocycles. The van der Waals surface area contributed by atoms with Gasteiger partial charge in [0.15, 0.2) is 0 Å². The zero-order chi connectivity index (χ0) is 14.7. The number of aromatic nitrogens is 1. The molecule has 0 aliphatic rings. The first-order valence-corrected chi connectivity index (χ1v) is 7.00. The molecule has 1 N–H and O–H groups in total. The van der Waals surface area contributed by atoms with Crippen LogP contribution < -0.4 is 5.32 Å². The van der Waals surface area contributed by atoms with Crippen LogP contribution in [0.4, 0.5) is 5.69 Å². The summed E-state index contributed by atoms with van der Waals surface area (Å²) in [6.07, 6.45) is 0.827. The molecule has 0 spiro atoms. The Kier molecular flexibility index (Phi) is 4.63. The van der Waals surface area contributed by atoms with Crippen LogP contribution in [0.25, 0.3) is 0 Å². The number of aryl methyl sites for hydroxylation is 2. The first-order valence-electron chi connectivity index (χ1n) is 6.24. The number of amides is 1. The van der Waals surface area contributed by atoms with Gasteiger partial charge in [0.2, 0.25) is 0 Å². The quantitative estimate of drug-likeness (QED) is 0.848. The zero-order valence-electron chi connectivity index (χ0n) is 11.2. The summed E-state index contributed by atoms with van der Waals surface area (Å²) >= 11 is 11.8. The van der Waals surface area contributed by atoms with Crippen LogP contribution in [0.5, 0.6) is 0 Å². The maximum absolute atomic E-state index is 12.3. The number of nitrogens with zero attached hydrogens (tertiary/aromatic N) is 1. The Bertz CT molecular complexity index is 656. The molecule has 0 saturated carbocycles. The molecule has 1 aromatic heterocycles. The van der Waals surface area contributed by atoms with Crippen molar-refractivity contribution in [3.05, 3.63) is 57.3 Å². The average molecular weight is 309 g/mol. The summed E-state index contributed by atoms with van der Waals surface area (Å²) in [5, 5.41) is 3.38. The lowest BCUT2D eigenvalue weighted by Crippen LogP contribution is -2.16. The summed E-state index contributed by atoms with van der Waals surface area (Å²) in [5.74, 6) is -0.360. The second-order valence-corrected chi connectivity index (χ2v) is 5.18. The van der Waals surface area contributed by atoms with Crippen LogP contribution in [-0.2, 0) is 6.42 Å². The largest absolute Gasteiger partial charge is 0.320 e. The standard InChI is InChI=1S/C15H14Cl2N2O/c1-3-10-6-4-5-9(2)13(10)19-15(20)14-11(16)7-8-12(17)18-14/h4-8H,3H2,1-2H3,(H,19,20). The Morgan fingerprint density at radius 1 is 1.25 bits per heavy atom. The Morgan fingerprint density at radius 3 is 2.70 bits per heavy atom. The molecule has 20 heavy (non-hydrogen) atoms. The number of hydrogen-bond donors (Lipinski definition) is 1. The number of para-hydroxylation sites is 1. The molecule has 0 fully saturated rings. The number of anilines is 1. The highest BCUT2D eigenvalue weighted by Gasteiger charge is 2.15. The van der Waals surface area contributed by atoms with E-state index < -0.39 is 0 Å². The molecule has 0 aliphatic carbocycles. The van der Waals surface area contributed by atoms with E-state index in [2.05, 4.69) is 10.3 Å². The molecule has 0 bridgehead atoms. The van der Waals surface area contributed by atoms with Crippen molar-refractivity contribution < 1.29 is 4.79 Å². The number of benzene rings is 1. The van der Waals surface area contributed by atoms with Crippen LogP contribution in [0.1, 0.15) is 28.5 Å². The summed E-state index contributed by atoms with van der Waals surface area (Å²) < 4.78 is 0. The Balaban J connectivity index is 2.35. The molecule has 104 valence electrons. The van der Waals surface area contributed by atoms with Crippen LogP contribution in [0.15, 0.2) is 30.3 Å². The van der Waals surface area contributed by atoms with Gasteiger partial charge in [-0.1, -0.05) is 48.3 Å². The van der Waals surface area contributed by atoms with Gasteiger partial charge in [0.1, 0.15) is 10.8 Å². The smallest absolute Gasteiger partial charge is 0.275 e. The number of pyridine rings is 1. The van der Waals surface area contributed by atoms with Gasteiger partial charge in [0.25, 0.3) is 5.91 Å². The highest BCUT2D eigenvalue weighted by Crippen LogP contribution is 2.23. The SMILES string of the molecule is CCc1cccc(C)c1NC(=O)c1nc(Cl)ccc1Cl. The van der Waals surface area contributed by atoms with Crippen LogP contribution in [-0.4, -0.2) is 10.9 Å². The van der Waals surface area contributed by atoms with Gasteiger partial charge in [-0.25, -0.2) is 4.98 Å². The Labute approximate surface area is 127 Å². The molecule has 2 aromatic rings. The Morgan fingerprint density at radius 2 is 2.00 bits per heavy atom. The molecule has 1 amide bonds. The minimum Gasteiger partial charge on any atom is -0.320 e. The molecule has 1 aromatic carbocycles. The number of halogens is 2. The summed E-state index contributed by atoms with van der Waals surface area (Å²) in [5.41, 5.74) is 3.00. The van der Waals surface area contributed by atoms with Crippen molar-refractivity contribution in [1.82, 2.24) is 4.98 Å². The van der Waals surface area contributed by atoms with Crippen molar-refractivity contribution >= 4 is 34.8 Å². The number of carbonyl (C=O) groups excluding carboxylic acids is 1. The van der Waals surface area contributed by atoms with E-state index in [0.717, 1.165) is 23.2 Å². The minimum absolute atomic E-state index is 0.129. The van der Waals surface area contributed by atoms with Gasteiger partial charge in [-0.3, -0.25) is 4.79 Å². The first-order chi connectivity index (χ1) is 9.52. The number of carbonyl (C=O) groups is 1. The predicted molar refractivity (Wildman–Crippen MR) is 82.8 cm³/mol. The summed E-state index contributed by atoms with van der Waals surface area (Å²) in [4.78, 5) is 16.3. The molecule has 0 radical (unpaired) electrons. The van der Waals surface area contributed by atoms with E-state index in [-0.39, 0.29) is 21.8 Å². The van der Waals surface area contributed by atoms with Crippen LogP contribution in [0.2, 0.25) is 10.2 Å². The van der Waals surface area contributed by atoms with Crippen molar-refractivity contribution in [3.8, 4) is 0 Å². The first kappa shape index (κ1) is 14.8. The molecule has 0 saturated heterocycles. The zero-order valence-corrected chi connectivity index (χ0v) is 12.7. The monoisotopic (exact) mass is 308 g/mol. The van der Waals surface area contributed by atoms with E-state index in [0.29, 0.717) is 0 Å². The second kappa shape index (κ2) is 6.25. The highest BCUT2D eigenvalue weighted by molar-refractivity contribution is 6.35. The van der Waals surface area contributed by atoms with Crippen LogP contribution >= 0.6 is 23.2 Å². The fraction of sp³-hybridized carbons (Fsp3) is 0.200. The van der Waals surface area contributed by atoms with Gasteiger partial charge in [0.05, 0.1) is 5.02 Å². The lowest BCUT2D eigenvalue weighted by Gasteiger charge is -2.13. The van der Waals surface area contributed by atoms with Gasteiger partial charge in [-0.05, 0) is 36.6 Å². The molecule has 3 nitrogen and oxygen atoms in total. The third kappa shape index (κ3) is 3.11. The fourth-order valence-corrected chi connectivity index (χ4v) is 2.29. The van der Waals surface area contributed by atoms with Crippen LogP contribution in [0, 0.1) is 6.92 Å². The third-order valence-corrected chi connectivity index (χ3v) is 3.52.